The van der Waals surface area contributed by atoms with Gasteiger partial charge in [-0.05, 0) is 61.4 Å². The Kier molecular flexibility index (Phi) is 5.89. The average molecular weight is 414 g/mol. The first-order valence-electron chi connectivity index (χ1n) is 9.80. The highest BCUT2D eigenvalue weighted by molar-refractivity contribution is 5.99. The number of benzene rings is 2. The molecule has 0 spiro atoms. The Morgan fingerprint density at radius 2 is 1.74 bits per heavy atom. The highest BCUT2D eigenvalue weighted by Crippen LogP contribution is 2.25. The van der Waals surface area contributed by atoms with Crippen molar-refractivity contribution < 1.29 is 9.32 Å². The summed E-state index contributed by atoms with van der Waals surface area (Å²) in [7, 11) is 0. The molecule has 3 N–H and O–H groups in total. The predicted molar refractivity (Wildman–Crippen MR) is 120 cm³/mol. The van der Waals surface area contributed by atoms with Crippen molar-refractivity contribution in [1.29, 1.82) is 0 Å². The molecular weight excluding hydrogens is 392 g/mol. The van der Waals surface area contributed by atoms with Gasteiger partial charge in [-0.3, -0.25) is 0 Å². The van der Waals surface area contributed by atoms with Crippen LogP contribution in [0.3, 0.4) is 0 Å². The second kappa shape index (κ2) is 9.08. The van der Waals surface area contributed by atoms with Crippen LogP contribution in [0.15, 0.2) is 71.4 Å². The normalized spacial score (nSPS) is 10.5. The van der Waals surface area contributed by atoms with Crippen molar-refractivity contribution in [1.82, 2.24) is 15.1 Å². The molecule has 0 fully saturated rings. The number of amides is 2. The van der Waals surface area contributed by atoms with E-state index in [4.69, 9.17) is 4.52 Å². The van der Waals surface area contributed by atoms with Gasteiger partial charge in [0.05, 0.1) is 5.56 Å². The number of nitrogens with zero attached hydrogens (tertiary/aromatic N) is 3. The summed E-state index contributed by atoms with van der Waals surface area (Å²) in [6, 6.07) is 18.6. The van der Waals surface area contributed by atoms with Crippen molar-refractivity contribution in [2.24, 2.45) is 0 Å². The van der Waals surface area contributed by atoms with Crippen molar-refractivity contribution in [3.63, 3.8) is 0 Å². The zero-order valence-electron chi connectivity index (χ0n) is 17.2. The standard InChI is InChI=1S/C23H22N6O2/c1-15-6-3-8-18(12-15)27-23(30)28-19-9-4-7-17(13-19)14-25-21-20(10-5-11-24-21)22-26-16(2)29-31-22/h3-13H,14H2,1-2H3,(H,24,25)(H2,27,28,30). The molecule has 0 aliphatic heterocycles. The smallest absolute Gasteiger partial charge is 0.323 e. The number of carbonyl (C=O) groups is 1. The molecule has 0 unspecified atom stereocenters. The highest BCUT2D eigenvalue weighted by Gasteiger charge is 2.12. The minimum absolute atomic E-state index is 0.297. The Hall–Kier alpha value is -4.20. The van der Waals surface area contributed by atoms with Crippen molar-refractivity contribution in [3.8, 4) is 11.5 Å². The fourth-order valence-corrected chi connectivity index (χ4v) is 3.09. The van der Waals surface area contributed by atoms with E-state index in [1.807, 2.05) is 67.6 Å². The van der Waals surface area contributed by atoms with E-state index < -0.39 is 0 Å². The summed E-state index contributed by atoms with van der Waals surface area (Å²) < 4.78 is 5.27. The first-order valence-corrected chi connectivity index (χ1v) is 9.80. The number of aryl methyl sites for hydroxylation is 2. The van der Waals surface area contributed by atoms with E-state index in [0.717, 1.165) is 22.4 Å². The lowest BCUT2D eigenvalue weighted by Crippen LogP contribution is -2.19. The van der Waals surface area contributed by atoms with Gasteiger partial charge in [-0.15, -0.1) is 0 Å². The van der Waals surface area contributed by atoms with Crippen molar-refractivity contribution >= 4 is 23.2 Å². The zero-order chi connectivity index (χ0) is 21.6. The monoisotopic (exact) mass is 414 g/mol. The van der Waals surface area contributed by atoms with E-state index in [1.165, 1.54) is 0 Å². The van der Waals surface area contributed by atoms with Crippen LogP contribution in [0, 0.1) is 13.8 Å². The van der Waals surface area contributed by atoms with Gasteiger partial charge in [0, 0.05) is 24.1 Å². The maximum atomic E-state index is 12.3. The summed E-state index contributed by atoms with van der Waals surface area (Å²) in [5.41, 5.74) is 4.23. The van der Waals surface area contributed by atoms with E-state index in [0.29, 0.717) is 29.8 Å². The molecule has 4 rings (SSSR count). The van der Waals surface area contributed by atoms with E-state index in [2.05, 4.69) is 31.1 Å². The summed E-state index contributed by atoms with van der Waals surface area (Å²) in [5.74, 6) is 1.62. The molecular formula is C23H22N6O2. The third kappa shape index (κ3) is 5.24. The van der Waals surface area contributed by atoms with Crippen LogP contribution in [0.4, 0.5) is 22.0 Å². The van der Waals surface area contributed by atoms with Gasteiger partial charge in [0.25, 0.3) is 5.89 Å². The van der Waals surface area contributed by atoms with E-state index in [-0.39, 0.29) is 6.03 Å². The quantitative estimate of drug-likeness (QED) is 0.410. The Morgan fingerprint density at radius 1 is 0.968 bits per heavy atom. The number of rotatable bonds is 6. The van der Waals surface area contributed by atoms with Gasteiger partial charge >= 0.3 is 6.03 Å². The van der Waals surface area contributed by atoms with Gasteiger partial charge in [0.2, 0.25) is 0 Å². The topological polar surface area (TPSA) is 105 Å². The first kappa shape index (κ1) is 20.1. The number of nitrogens with one attached hydrogen (secondary N) is 3. The maximum absolute atomic E-state index is 12.3. The second-order valence-corrected chi connectivity index (χ2v) is 7.05. The lowest BCUT2D eigenvalue weighted by atomic mass is 10.2. The highest BCUT2D eigenvalue weighted by atomic mass is 16.5. The minimum Gasteiger partial charge on any atom is -0.365 e. The van der Waals surface area contributed by atoms with Gasteiger partial charge in [0.15, 0.2) is 5.82 Å². The molecule has 0 bridgehead atoms. The number of aromatic nitrogens is 3. The van der Waals surface area contributed by atoms with Gasteiger partial charge in [0.1, 0.15) is 5.82 Å². The van der Waals surface area contributed by atoms with Gasteiger partial charge in [-0.2, -0.15) is 4.98 Å². The van der Waals surface area contributed by atoms with Crippen LogP contribution in [0.5, 0.6) is 0 Å². The van der Waals surface area contributed by atoms with Crippen LogP contribution in [-0.2, 0) is 6.54 Å². The molecule has 0 radical (unpaired) electrons. The molecule has 2 aromatic carbocycles. The Bertz CT molecular complexity index is 1200. The van der Waals surface area contributed by atoms with Crippen LogP contribution >= 0.6 is 0 Å². The molecule has 0 atom stereocenters. The molecule has 31 heavy (non-hydrogen) atoms. The molecule has 8 heteroatoms. The Labute approximate surface area is 179 Å². The molecule has 0 saturated carbocycles. The minimum atomic E-state index is -0.297. The van der Waals surface area contributed by atoms with Crippen LogP contribution < -0.4 is 16.0 Å². The van der Waals surface area contributed by atoms with Gasteiger partial charge in [-0.1, -0.05) is 29.4 Å². The lowest BCUT2D eigenvalue weighted by molar-refractivity contribution is 0.262. The molecule has 2 amide bonds. The third-order valence-electron chi connectivity index (χ3n) is 4.49. The summed E-state index contributed by atoms with van der Waals surface area (Å²) in [4.78, 5) is 21.0. The largest absolute Gasteiger partial charge is 0.365 e. The molecule has 0 saturated heterocycles. The summed E-state index contributed by atoms with van der Waals surface area (Å²) in [6.07, 6.45) is 1.70. The summed E-state index contributed by atoms with van der Waals surface area (Å²) >= 11 is 0. The van der Waals surface area contributed by atoms with Gasteiger partial charge in [-0.25, -0.2) is 9.78 Å². The number of hydrogen-bond donors (Lipinski definition) is 3. The summed E-state index contributed by atoms with van der Waals surface area (Å²) in [6.45, 7) is 4.25. The number of anilines is 3. The Balaban J connectivity index is 1.41. The van der Waals surface area contributed by atoms with Crippen molar-refractivity contribution in [2.45, 2.75) is 20.4 Å². The maximum Gasteiger partial charge on any atom is 0.323 e. The van der Waals surface area contributed by atoms with Crippen molar-refractivity contribution in [3.05, 3.63) is 83.8 Å². The molecule has 4 aromatic rings. The fraction of sp³-hybridized carbons (Fsp3) is 0.130. The number of carbonyl (C=O) groups excluding carboxylic acids is 1. The molecule has 2 aromatic heterocycles. The molecule has 8 nitrogen and oxygen atoms in total. The van der Waals surface area contributed by atoms with Crippen molar-refractivity contribution in [2.75, 3.05) is 16.0 Å². The molecule has 0 aliphatic carbocycles. The first-order chi connectivity index (χ1) is 15.1. The van der Waals surface area contributed by atoms with E-state index >= 15 is 0 Å². The third-order valence-corrected chi connectivity index (χ3v) is 4.49. The SMILES string of the molecule is Cc1cccc(NC(=O)Nc2cccc(CNc3ncccc3-c3nc(C)no3)c2)c1. The molecule has 156 valence electrons. The van der Waals surface area contributed by atoms with Gasteiger partial charge < -0.3 is 20.5 Å². The fourth-order valence-electron chi connectivity index (χ4n) is 3.09. The molecule has 0 aliphatic rings. The van der Waals surface area contributed by atoms with E-state index in [9.17, 15) is 4.79 Å². The predicted octanol–water partition coefficient (Wildman–Crippen LogP) is 5.00. The number of urea groups is 1. The summed E-state index contributed by atoms with van der Waals surface area (Å²) in [5, 5.41) is 12.8. The zero-order valence-corrected chi connectivity index (χ0v) is 17.2. The van der Waals surface area contributed by atoms with Crippen LogP contribution in [-0.4, -0.2) is 21.2 Å². The number of hydrogen-bond acceptors (Lipinski definition) is 6. The second-order valence-electron chi connectivity index (χ2n) is 7.05. The average Bonchev–Trinajstić information content (AvgIpc) is 3.19. The van der Waals surface area contributed by atoms with Crippen LogP contribution in [0.2, 0.25) is 0 Å². The van der Waals surface area contributed by atoms with Crippen LogP contribution in [0.1, 0.15) is 17.0 Å². The number of pyridine rings is 1. The van der Waals surface area contributed by atoms with E-state index in [1.54, 1.807) is 13.1 Å². The molecule has 2 heterocycles. The van der Waals surface area contributed by atoms with Crippen LogP contribution in [0.25, 0.3) is 11.5 Å². The Morgan fingerprint density at radius 3 is 2.48 bits per heavy atom. The lowest BCUT2D eigenvalue weighted by Gasteiger charge is -2.11.